The standard InChI is InChI=1S/C22H28N6O5S/c1-4-28(5-2)34(31,32)15-8-9-18(27-10-6-7-11-27)16(12-15)22(30)33-14-19-24-20-17(21(29)25-19)13-23-26(20)3/h8-9,12-13H,4-7,10-11,14H2,1-3H3,(H,24,25,29). The van der Waals surface area contributed by atoms with E-state index in [2.05, 4.69) is 15.1 Å². The second-order valence-electron chi connectivity index (χ2n) is 8.06. The summed E-state index contributed by atoms with van der Waals surface area (Å²) in [7, 11) is -2.09. The quantitative estimate of drug-likeness (QED) is 0.474. The molecule has 1 aliphatic rings. The molecule has 0 aliphatic carbocycles. The number of aromatic amines is 1. The molecular weight excluding hydrogens is 460 g/mol. The van der Waals surface area contributed by atoms with Gasteiger partial charge >= 0.3 is 5.97 Å². The molecule has 3 heterocycles. The van der Waals surface area contributed by atoms with E-state index in [4.69, 9.17) is 4.74 Å². The third-order valence-corrected chi connectivity index (χ3v) is 8.01. The Morgan fingerprint density at radius 1 is 1.21 bits per heavy atom. The summed E-state index contributed by atoms with van der Waals surface area (Å²) in [6.07, 6.45) is 3.40. The Bertz CT molecular complexity index is 1370. The zero-order valence-corrected chi connectivity index (χ0v) is 20.3. The Morgan fingerprint density at radius 2 is 1.91 bits per heavy atom. The molecule has 0 unspecified atom stereocenters. The molecule has 1 N–H and O–H groups in total. The Morgan fingerprint density at radius 3 is 2.59 bits per heavy atom. The largest absolute Gasteiger partial charge is 0.454 e. The lowest BCUT2D eigenvalue weighted by atomic mass is 10.1. The second kappa shape index (κ2) is 9.55. The van der Waals surface area contributed by atoms with Crippen LogP contribution in [0.15, 0.2) is 34.1 Å². The summed E-state index contributed by atoms with van der Waals surface area (Å²) in [5, 5.41) is 4.35. The molecule has 34 heavy (non-hydrogen) atoms. The van der Waals surface area contributed by atoms with Gasteiger partial charge in [0, 0.05) is 33.2 Å². The Hall–Kier alpha value is -3.25. The first-order valence-corrected chi connectivity index (χ1v) is 12.7. The molecular formula is C22H28N6O5S. The van der Waals surface area contributed by atoms with Crippen molar-refractivity contribution in [2.75, 3.05) is 31.1 Å². The van der Waals surface area contributed by atoms with Crippen molar-refractivity contribution in [3.8, 4) is 0 Å². The Balaban J connectivity index is 1.66. The van der Waals surface area contributed by atoms with Gasteiger partial charge in [-0.2, -0.15) is 9.40 Å². The summed E-state index contributed by atoms with van der Waals surface area (Å²) in [5.41, 5.74) is 0.790. The van der Waals surface area contributed by atoms with Crippen molar-refractivity contribution in [2.24, 2.45) is 7.05 Å². The zero-order valence-electron chi connectivity index (χ0n) is 19.4. The predicted molar refractivity (Wildman–Crippen MR) is 126 cm³/mol. The fourth-order valence-electron chi connectivity index (χ4n) is 4.14. The maximum Gasteiger partial charge on any atom is 0.340 e. The van der Waals surface area contributed by atoms with Gasteiger partial charge in [0.05, 0.1) is 22.3 Å². The van der Waals surface area contributed by atoms with E-state index in [1.807, 2.05) is 4.90 Å². The number of H-pyrrole nitrogens is 1. The molecule has 2 aromatic heterocycles. The van der Waals surface area contributed by atoms with Gasteiger partial charge in [-0.05, 0) is 31.0 Å². The van der Waals surface area contributed by atoms with Crippen LogP contribution in [0.2, 0.25) is 0 Å². The first-order valence-electron chi connectivity index (χ1n) is 11.2. The van der Waals surface area contributed by atoms with Crippen molar-refractivity contribution in [1.82, 2.24) is 24.1 Å². The molecule has 0 atom stereocenters. The third-order valence-electron chi connectivity index (χ3n) is 5.97. The van der Waals surface area contributed by atoms with Gasteiger partial charge in [-0.1, -0.05) is 13.8 Å². The number of carbonyl (C=O) groups is 1. The lowest BCUT2D eigenvalue weighted by Crippen LogP contribution is -2.31. The molecule has 0 saturated carbocycles. The van der Waals surface area contributed by atoms with Crippen LogP contribution in [0.25, 0.3) is 11.0 Å². The van der Waals surface area contributed by atoms with Gasteiger partial charge in [-0.3, -0.25) is 9.48 Å². The lowest BCUT2D eigenvalue weighted by Gasteiger charge is -2.23. The first-order chi connectivity index (χ1) is 16.3. The number of aryl methyl sites for hydroxylation is 1. The van der Waals surface area contributed by atoms with E-state index in [1.54, 1.807) is 27.0 Å². The van der Waals surface area contributed by atoms with Crippen LogP contribution in [0.5, 0.6) is 0 Å². The van der Waals surface area contributed by atoms with Crippen LogP contribution in [0.4, 0.5) is 5.69 Å². The number of fused-ring (bicyclic) bond motifs is 1. The van der Waals surface area contributed by atoms with Crippen LogP contribution >= 0.6 is 0 Å². The minimum atomic E-state index is -3.76. The van der Waals surface area contributed by atoms with Gasteiger partial charge in [0.2, 0.25) is 10.0 Å². The molecule has 12 heteroatoms. The number of rotatable bonds is 8. The fraction of sp³-hybridized carbons (Fsp3) is 0.455. The fourth-order valence-corrected chi connectivity index (χ4v) is 5.63. The monoisotopic (exact) mass is 488 g/mol. The van der Waals surface area contributed by atoms with Crippen LogP contribution in [0.1, 0.15) is 42.9 Å². The highest BCUT2D eigenvalue weighted by atomic mass is 32.2. The number of carbonyl (C=O) groups excluding carboxylic acids is 1. The Kier molecular flexibility index (Phi) is 6.71. The van der Waals surface area contributed by atoms with Crippen LogP contribution in [0, 0.1) is 0 Å². The topological polar surface area (TPSA) is 130 Å². The summed E-state index contributed by atoms with van der Waals surface area (Å²) >= 11 is 0. The van der Waals surface area contributed by atoms with Crippen LogP contribution < -0.4 is 10.5 Å². The minimum Gasteiger partial charge on any atom is -0.454 e. The first kappa shape index (κ1) is 23.9. The number of nitrogens with zero attached hydrogens (tertiary/aromatic N) is 5. The molecule has 0 bridgehead atoms. The molecule has 3 aromatic rings. The molecule has 11 nitrogen and oxygen atoms in total. The Labute approximate surface area is 197 Å². The van der Waals surface area contributed by atoms with E-state index in [-0.39, 0.29) is 28.4 Å². The number of ether oxygens (including phenoxy) is 1. The number of aromatic nitrogens is 4. The van der Waals surface area contributed by atoms with Gasteiger partial charge in [0.1, 0.15) is 17.8 Å². The van der Waals surface area contributed by atoms with Gasteiger partial charge in [0.15, 0.2) is 5.65 Å². The second-order valence-corrected chi connectivity index (χ2v) is 9.99. The predicted octanol–water partition coefficient (Wildman–Crippen LogP) is 1.64. The summed E-state index contributed by atoms with van der Waals surface area (Å²) in [6.45, 7) is 5.44. The molecule has 1 aliphatic heterocycles. The van der Waals surface area contributed by atoms with Gasteiger partial charge in [0.25, 0.3) is 5.56 Å². The zero-order chi connectivity index (χ0) is 24.5. The van der Waals surface area contributed by atoms with Crippen molar-refractivity contribution < 1.29 is 17.9 Å². The number of sulfonamides is 1. The minimum absolute atomic E-state index is 0.0360. The number of anilines is 1. The average molecular weight is 489 g/mol. The molecule has 1 aromatic carbocycles. The van der Waals surface area contributed by atoms with E-state index < -0.39 is 16.0 Å². The lowest BCUT2D eigenvalue weighted by molar-refractivity contribution is 0.0462. The van der Waals surface area contributed by atoms with E-state index >= 15 is 0 Å². The molecule has 0 amide bonds. The van der Waals surface area contributed by atoms with E-state index in [0.717, 1.165) is 25.9 Å². The number of benzene rings is 1. The van der Waals surface area contributed by atoms with Crippen LogP contribution in [0.3, 0.4) is 0 Å². The highest BCUT2D eigenvalue weighted by Gasteiger charge is 2.27. The highest BCUT2D eigenvalue weighted by molar-refractivity contribution is 7.89. The molecule has 4 rings (SSSR count). The number of esters is 1. The summed E-state index contributed by atoms with van der Waals surface area (Å²) in [4.78, 5) is 34.4. The SMILES string of the molecule is CCN(CC)S(=O)(=O)c1ccc(N2CCCC2)c(C(=O)OCc2nc3c(cnn3C)c(=O)[nH]2)c1. The van der Waals surface area contributed by atoms with E-state index in [9.17, 15) is 18.0 Å². The smallest absolute Gasteiger partial charge is 0.340 e. The highest BCUT2D eigenvalue weighted by Crippen LogP contribution is 2.29. The molecule has 1 saturated heterocycles. The van der Waals surface area contributed by atoms with Crippen molar-refractivity contribution in [3.05, 3.63) is 46.1 Å². The summed E-state index contributed by atoms with van der Waals surface area (Å²) in [5.74, 6) is -0.518. The molecule has 1 fully saturated rings. The summed E-state index contributed by atoms with van der Waals surface area (Å²) < 4.78 is 34.4. The summed E-state index contributed by atoms with van der Waals surface area (Å²) in [6, 6.07) is 4.58. The van der Waals surface area contributed by atoms with Gasteiger partial charge < -0.3 is 14.6 Å². The molecule has 0 radical (unpaired) electrons. The number of hydrogen-bond acceptors (Lipinski definition) is 8. The van der Waals surface area contributed by atoms with Gasteiger partial charge in [-0.15, -0.1) is 0 Å². The third kappa shape index (κ3) is 4.42. The van der Waals surface area contributed by atoms with E-state index in [1.165, 1.54) is 27.3 Å². The van der Waals surface area contributed by atoms with Crippen molar-refractivity contribution in [3.63, 3.8) is 0 Å². The number of nitrogens with one attached hydrogen (secondary N) is 1. The number of hydrogen-bond donors (Lipinski definition) is 1. The van der Waals surface area contributed by atoms with Gasteiger partial charge in [-0.25, -0.2) is 18.2 Å². The normalized spacial score (nSPS) is 14.3. The van der Waals surface area contributed by atoms with Crippen molar-refractivity contribution in [2.45, 2.75) is 38.2 Å². The van der Waals surface area contributed by atoms with Crippen molar-refractivity contribution >= 4 is 32.7 Å². The maximum absolute atomic E-state index is 13.2. The van der Waals surface area contributed by atoms with E-state index in [0.29, 0.717) is 29.8 Å². The average Bonchev–Trinajstić information content (AvgIpc) is 3.48. The maximum atomic E-state index is 13.2. The van der Waals surface area contributed by atoms with Crippen LogP contribution in [-0.2, 0) is 28.4 Å². The van der Waals surface area contributed by atoms with Crippen LogP contribution in [-0.4, -0.2) is 64.6 Å². The van der Waals surface area contributed by atoms with Crippen molar-refractivity contribution in [1.29, 1.82) is 0 Å². The molecule has 0 spiro atoms. The molecule has 182 valence electrons.